The highest BCUT2D eigenvalue weighted by atomic mass is 16.5. The zero-order valence-electron chi connectivity index (χ0n) is 13.3. The second-order valence-electron chi connectivity index (χ2n) is 7.21. The van der Waals surface area contributed by atoms with Crippen LogP contribution in [0.15, 0.2) is 24.3 Å². The van der Waals surface area contributed by atoms with Crippen LogP contribution in [-0.4, -0.2) is 59.7 Å². The summed E-state index contributed by atoms with van der Waals surface area (Å²) in [6.45, 7) is 0.865. The number of likely N-dealkylation sites (tertiary alicyclic amines) is 1. The van der Waals surface area contributed by atoms with Crippen LogP contribution in [0.4, 0.5) is 0 Å². The van der Waals surface area contributed by atoms with Gasteiger partial charge >= 0.3 is 0 Å². The molecule has 0 saturated carbocycles. The second kappa shape index (κ2) is 4.09. The SMILES string of the molecule is COc1ccc2c3c1OC1C(O)C=CC4(C(O)C2)N(C)CCC314. The van der Waals surface area contributed by atoms with E-state index in [-0.39, 0.29) is 6.10 Å². The first kappa shape index (κ1) is 13.8. The minimum absolute atomic E-state index is 0.377. The molecule has 0 aromatic heterocycles. The van der Waals surface area contributed by atoms with Crippen molar-refractivity contribution in [1.29, 1.82) is 0 Å². The molecule has 1 fully saturated rings. The molecule has 1 saturated heterocycles. The monoisotopic (exact) mass is 315 g/mol. The molecule has 2 aliphatic heterocycles. The minimum Gasteiger partial charge on any atom is -0.493 e. The van der Waals surface area contributed by atoms with Crippen LogP contribution in [0.1, 0.15) is 17.5 Å². The second-order valence-corrected chi connectivity index (χ2v) is 7.21. The van der Waals surface area contributed by atoms with Crippen molar-refractivity contribution in [3.05, 3.63) is 35.4 Å². The lowest BCUT2D eigenvalue weighted by molar-refractivity contribution is -0.0680. The number of aliphatic hydroxyl groups excluding tert-OH is 2. The van der Waals surface area contributed by atoms with E-state index in [2.05, 4.69) is 11.9 Å². The van der Waals surface area contributed by atoms with Gasteiger partial charge in [0.1, 0.15) is 12.2 Å². The molecule has 23 heavy (non-hydrogen) atoms. The molecule has 4 aliphatic rings. The maximum absolute atomic E-state index is 11.1. The van der Waals surface area contributed by atoms with Gasteiger partial charge in [-0.05, 0) is 31.6 Å². The lowest BCUT2D eigenvalue weighted by atomic mass is 9.53. The van der Waals surface area contributed by atoms with Crippen molar-refractivity contribution < 1.29 is 19.7 Å². The summed E-state index contributed by atoms with van der Waals surface area (Å²) in [4.78, 5) is 2.23. The molecule has 5 unspecified atom stereocenters. The van der Waals surface area contributed by atoms with Gasteiger partial charge in [-0.15, -0.1) is 0 Å². The lowest BCUT2D eigenvalue weighted by Crippen LogP contribution is -2.70. The molecule has 2 heterocycles. The number of rotatable bonds is 1. The Morgan fingerprint density at radius 3 is 2.96 bits per heavy atom. The van der Waals surface area contributed by atoms with Gasteiger partial charge in [0.05, 0.1) is 24.2 Å². The molecule has 5 atom stereocenters. The highest BCUT2D eigenvalue weighted by Crippen LogP contribution is 2.65. The normalized spacial score (nSPS) is 43.0. The summed E-state index contributed by atoms with van der Waals surface area (Å²) in [5.41, 5.74) is 1.33. The van der Waals surface area contributed by atoms with E-state index in [1.54, 1.807) is 13.2 Å². The van der Waals surface area contributed by atoms with E-state index in [1.165, 1.54) is 0 Å². The van der Waals surface area contributed by atoms with Gasteiger partial charge in [0.2, 0.25) is 0 Å². The van der Waals surface area contributed by atoms with Crippen LogP contribution in [0, 0.1) is 0 Å². The first-order valence-corrected chi connectivity index (χ1v) is 8.20. The maximum atomic E-state index is 11.1. The van der Waals surface area contributed by atoms with Crippen molar-refractivity contribution in [2.75, 3.05) is 20.7 Å². The van der Waals surface area contributed by atoms with Gasteiger partial charge in [-0.2, -0.15) is 0 Å². The number of likely N-dealkylation sites (N-methyl/N-ethyl adjacent to an activating group) is 1. The molecule has 2 aliphatic carbocycles. The topological polar surface area (TPSA) is 62.2 Å². The number of nitrogens with zero attached hydrogens (tertiary/aromatic N) is 1. The Bertz CT molecular complexity index is 732. The van der Waals surface area contributed by atoms with Crippen molar-refractivity contribution in [3.63, 3.8) is 0 Å². The fourth-order valence-corrected chi connectivity index (χ4v) is 5.69. The minimum atomic E-state index is -0.676. The van der Waals surface area contributed by atoms with Gasteiger partial charge < -0.3 is 19.7 Å². The Kier molecular flexibility index (Phi) is 2.46. The molecule has 2 N–H and O–H groups in total. The summed E-state index contributed by atoms with van der Waals surface area (Å²) in [7, 11) is 3.70. The molecule has 1 spiro atoms. The van der Waals surface area contributed by atoms with Crippen molar-refractivity contribution >= 4 is 0 Å². The molecule has 0 amide bonds. The standard InChI is InChI=1S/C18H21NO4/c1-19-8-7-17-14-10-3-4-12(22-2)15(14)23-16(17)11(20)5-6-18(17,19)13(21)9-10/h3-6,11,13,16,20-21H,7-9H2,1-2H3. The van der Waals surface area contributed by atoms with Crippen molar-refractivity contribution in [2.45, 2.75) is 42.1 Å². The van der Waals surface area contributed by atoms with Crippen LogP contribution in [0.2, 0.25) is 0 Å². The Morgan fingerprint density at radius 1 is 1.35 bits per heavy atom. The van der Waals surface area contributed by atoms with Crippen LogP contribution in [0.5, 0.6) is 11.5 Å². The molecule has 1 aromatic carbocycles. The number of aliphatic hydroxyl groups is 2. The molecular weight excluding hydrogens is 294 g/mol. The smallest absolute Gasteiger partial charge is 0.166 e. The van der Waals surface area contributed by atoms with Crippen LogP contribution in [-0.2, 0) is 11.8 Å². The summed E-state index contributed by atoms with van der Waals surface area (Å²) < 4.78 is 11.8. The number of hydrogen-bond acceptors (Lipinski definition) is 5. The maximum Gasteiger partial charge on any atom is 0.166 e. The molecule has 122 valence electrons. The van der Waals surface area contributed by atoms with Crippen molar-refractivity contribution in [1.82, 2.24) is 4.90 Å². The third-order valence-electron chi connectivity index (χ3n) is 6.57. The predicted molar refractivity (Wildman–Crippen MR) is 83.9 cm³/mol. The fourth-order valence-electron chi connectivity index (χ4n) is 5.69. The van der Waals surface area contributed by atoms with E-state index in [1.807, 2.05) is 18.2 Å². The zero-order valence-corrected chi connectivity index (χ0v) is 13.3. The Balaban J connectivity index is 1.89. The largest absolute Gasteiger partial charge is 0.493 e. The molecule has 0 radical (unpaired) electrons. The highest BCUT2D eigenvalue weighted by molar-refractivity contribution is 5.65. The van der Waals surface area contributed by atoms with E-state index < -0.39 is 23.2 Å². The Morgan fingerprint density at radius 2 is 2.17 bits per heavy atom. The van der Waals surface area contributed by atoms with Gasteiger partial charge in [0.25, 0.3) is 0 Å². The number of ether oxygens (including phenoxy) is 2. The summed E-state index contributed by atoms with van der Waals surface area (Å²) in [6.07, 6.45) is 3.69. The quantitative estimate of drug-likeness (QED) is 0.744. The van der Waals surface area contributed by atoms with Crippen LogP contribution in [0.25, 0.3) is 0 Å². The Hall–Kier alpha value is -1.56. The third kappa shape index (κ3) is 1.25. The van der Waals surface area contributed by atoms with Crippen molar-refractivity contribution in [3.8, 4) is 11.5 Å². The predicted octanol–water partition coefficient (Wildman–Crippen LogP) is 0.616. The van der Waals surface area contributed by atoms with Crippen LogP contribution < -0.4 is 9.47 Å². The van der Waals surface area contributed by atoms with E-state index in [0.717, 1.165) is 29.8 Å². The summed E-state index contributed by atoms with van der Waals surface area (Å²) in [6, 6.07) is 3.94. The van der Waals surface area contributed by atoms with Crippen molar-refractivity contribution in [2.24, 2.45) is 0 Å². The summed E-state index contributed by atoms with van der Waals surface area (Å²) in [5, 5.41) is 21.7. The molecule has 5 rings (SSSR count). The first-order valence-electron chi connectivity index (χ1n) is 8.20. The molecule has 5 heteroatoms. The Labute approximate surface area is 135 Å². The number of methoxy groups -OCH3 is 1. The average Bonchev–Trinajstić information content (AvgIpc) is 3.06. The summed E-state index contributed by atoms with van der Waals surface area (Å²) >= 11 is 0. The molecule has 1 aromatic rings. The molecule has 0 bridgehead atoms. The van der Waals surface area contributed by atoms with Gasteiger partial charge in [-0.25, -0.2) is 0 Å². The first-order chi connectivity index (χ1) is 11.1. The van der Waals surface area contributed by atoms with Crippen LogP contribution in [0.3, 0.4) is 0 Å². The lowest BCUT2D eigenvalue weighted by Gasteiger charge is -2.55. The van der Waals surface area contributed by atoms with E-state index in [4.69, 9.17) is 9.47 Å². The van der Waals surface area contributed by atoms with Gasteiger partial charge in [0, 0.05) is 12.0 Å². The fraction of sp³-hybridized carbons (Fsp3) is 0.556. The van der Waals surface area contributed by atoms with E-state index in [9.17, 15) is 10.2 Å². The van der Waals surface area contributed by atoms with E-state index >= 15 is 0 Å². The van der Waals surface area contributed by atoms with Gasteiger partial charge in [0.15, 0.2) is 11.5 Å². The van der Waals surface area contributed by atoms with Gasteiger partial charge in [-0.3, -0.25) is 4.90 Å². The van der Waals surface area contributed by atoms with Gasteiger partial charge in [-0.1, -0.05) is 18.2 Å². The highest BCUT2D eigenvalue weighted by Gasteiger charge is 2.73. The number of benzene rings is 1. The van der Waals surface area contributed by atoms with Crippen LogP contribution >= 0.6 is 0 Å². The van der Waals surface area contributed by atoms with E-state index in [0.29, 0.717) is 12.2 Å². The number of hydrogen-bond donors (Lipinski definition) is 2. The summed E-state index contributed by atoms with van der Waals surface area (Å²) in [5.74, 6) is 1.46. The molecular formula is C18H21NO4. The zero-order chi connectivity index (χ0) is 16.0. The molecule has 5 nitrogen and oxygen atoms in total. The average molecular weight is 315 g/mol. The third-order valence-corrected chi connectivity index (χ3v) is 6.57.